The van der Waals surface area contributed by atoms with E-state index in [0.29, 0.717) is 6.54 Å². The third-order valence-electron chi connectivity index (χ3n) is 3.08. The standard InChI is InChI=1S/C18H26FNO5/c1-17(2,3)25-16(22)20-10-18(4,5)11-24-14-8-7-12(19)9-13(14)15(21)23-6/h7-9H,10-11H2,1-6H3,(H,20,22). The number of benzene rings is 1. The number of carbonyl (C=O) groups is 2. The minimum atomic E-state index is -0.681. The van der Waals surface area contributed by atoms with E-state index in [0.717, 1.165) is 6.07 Å². The van der Waals surface area contributed by atoms with Crippen LogP contribution in [-0.2, 0) is 9.47 Å². The quantitative estimate of drug-likeness (QED) is 0.790. The van der Waals surface area contributed by atoms with E-state index < -0.39 is 28.9 Å². The van der Waals surface area contributed by atoms with E-state index in [-0.39, 0.29) is 17.9 Å². The van der Waals surface area contributed by atoms with Gasteiger partial charge in [-0.1, -0.05) is 13.8 Å². The summed E-state index contributed by atoms with van der Waals surface area (Å²) in [6.07, 6.45) is -0.516. The Morgan fingerprint density at radius 1 is 1.16 bits per heavy atom. The van der Waals surface area contributed by atoms with Gasteiger partial charge in [0.15, 0.2) is 0 Å². The molecule has 1 aromatic rings. The topological polar surface area (TPSA) is 73.9 Å². The van der Waals surface area contributed by atoms with Crippen molar-refractivity contribution in [3.63, 3.8) is 0 Å². The Morgan fingerprint density at radius 2 is 1.80 bits per heavy atom. The van der Waals surface area contributed by atoms with Crippen LogP contribution in [0.3, 0.4) is 0 Å². The summed E-state index contributed by atoms with van der Waals surface area (Å²) < 4.78 is 28.8. The van der Waals surface area contributed by atoms with Crippen LogP contribution in [0.5, 0.6) is 5.75 Å². The van der Waals surface area contributed by atoms with E-state index in [1.807, 2.05) is 13.8 Å². The molecule has 7 heteroatoms. The van der Waals surface area contributed by atoms with Crippen molar-refractivity contribution in [1.82, 2.24) is 5.32 Å². The van der Waals surface area contributed by atoms with Crippen LogP contribution in [0.15, 0.2) is 18.2 Å². The molecule has 0 aliphatic carbocycles. The summed E-state index contributed by atoms with van der Waals surface area (Å²) in [5.41, 5.74) is -1.01. The first-order valence-electron chi connectivity index (χ1n) is 7.91. The van der Waals surface area contributed by atoms with Crippen molar-refractivity contribution in [1.29, 1.82) is 0 Å². The fourth-order valence-electron chi connectivity index (χ4n) is 1.85. The minimum Gasteiger partial charge on any atom is -0.492 e. The zero-order chi connectivity index (χ0) is 19.3. The number of amides is 1. The maximum atomic E-state index is 13.3. The highest BCUT2D eigenvalue weighted by atomic mass is 19.1. The number of hydrogen-bond donors (Lipinski definition) is 1. The molecule has 0 heterocycles. The number of carbonyl (C=O) groups excluding carboxylic acids is 2. The number of nitrogens with one attached hydrogen (secondary N) is 1. The summed E-state index contributed by atoms with van der Waals surface area (Å²) in [7, 11) is 1.21. The van der Waals surface area contributed by atoms with Gasteiger partial charge < -0.3 is 19.5 Å². The van der Waals surface area contributed by atoms with Crippen LogP contribution in [-0.4, -0.2) is 37.9 Å². The van der Waals surface area contributed by atoms with Crippen molar-refractivity contribution in [2.45, 2.75) is 40.2 Å². The average molecular weight is 355 g/mol. The molecule has 0 atom stereocenters. The summed E-state index contributed by atoms with van der Waals surface area (Å²) in [4.78, 5) is 23.4. The molecule has 0 saturated heterocycles. The van der Waals surface area contributed by atoms with Gasteiger partial charge in [0.05, 0.1) is 13.7 Å². The molecule has 25 heavy (non-hydrogen) atoms. The SMILES string of the molecule is COC(=O)c1cc(F)ccc1OCC(C)(C)CNC(=O)OC(C)(C)C. The predicted octanol–water partition coefficient (Wildman–Crippen LogP) is 3.54. The van der Waals surface area contributed by atoms with E-state index in [1.54, 1.807) is 20.8 Å². The van der Waals surface area contributed by atoms with Crippen LogP contribution in [0, 0.1) is 11.2 Å². The average Bonchev–Trinajstić information content (AvgIpc) is 2.49. The van der Waals surface area contributed by atoms with Crippen molar-refractivity contribution < 1.29 is 28.2 Å². The number of ether oxygens (including phenoxy) is 3. The van der Waals surface area contributed by atoms with E-state index in [4.69, 9.17) is 9.47 Å². The first-order valence-corrected chi connectivity index (χ1v) is 7.91. The first kappa shape index (κ1) is 20.7. The van der Waals surface area contributed by atoms with Crippen LogP contribution in [0.1, 0.15) is 45.0 Å². The second kappa shape index (κ2) is 8.18. The summed E-state index contributed by atoms with van der Waals surface area (Å²) in [6, 6.07) is 3.64. The number of alkyl carbamates (subject to hydrolysis) is 1. The molecule has 1 rings (SSSR count). The largest absolute Gasteiger partial charge is 0.492 e. The van der Waals surface area contributed by atoms with E-state index in [2.05, 4.69) is 10.1 Å². The Hall–Kier alpha value is -2.31. The van der Waals surface area contributed by atoms with Gasteiger partial charge in [0, 0.05) is 12.0 Å². The third-order valence-corrected chi connectivity index (χ3v) is 3.08. The van der Waals surface area contributed by atoms with Crippen molar-refractivity contribution in [3.8, 4) is 5.75 Å². The lowest BCUT2D eigenvalue weighted by Gasteiger charge is -2.27. The normalized spacial score (nSPS) is 11.6. The Labute approximate surface area is 147 Å². The predicted molar refractivity (Wildman–Crippen MR) is 91.3 cm³/mol. The van der Waals surface area contributed by atoms with Gasteiger partial charge in [0.25, 0.3) is 0 Å². The molecule has 140 valence electrons. The number of methoxy groups -OCH3 is 1. The fraction of sp³-hybridized carbons (Fsp3) is 0.556. The molecule has 0 aliphatic heterocycles. The monoisotopic (exact) mass is 355 g/mol. The lowest BCUT2D eigenvalue weighted by atomic mass is 9.95. The van der Waals surface area contributed by atoms with Crippen LogP contribution >= 0.6 is 0 Å². The Bertz CT molecular complexity index is 622. The van der Waals surface area contributed by atoms with E-state index in [9.17, 15) is 14.0 Å². The fourth-order valence-corrected chi connectivity index (χ4v) is 1.85. The van der Waals surface area contributed by atoms with Gasteiger partial charge in [-0.3, -0.25) is 0 Å². The van der Waals surface area contributed by atoms with Gasteiger partial charge in [-0.2, -0.15) is 0 Å². The smallest absolute Gasteiger partial charge is 0.407 e. The minimum absolute atomic E-state index is 0.0124. The Kier molecular flexibility index (Phi) is 6.78. The molecule has 0 bridgehead atoms. The Morgan fingerprint density at radius 3 is 2.36 bits per heavy atom. The van der Waals surface area contributed by atoms with Crippen molar-refractivity contribution in [3.05, 3.63) is 29.6 Å². The van der Waals surface area contributed by atoms with Crippen LogP contribution in [0.25, 0.3) is 0 Å². The maximum Gasteiger partial charge on any atom is 0.407 e. The second-order valence-corrected chi connectivity index (χ2v) is 7.44. The van der Waals surface area contributed by atoms with Crippen molar-refractivity contribution in [2.24, 2.45) is 5.41 Å². The summed E-state index contributed by atoms with van der Waals surface area (Å²) in [5, 5.41) is 2.68. The molecule has 0 aliphatic rings. The van der Waals surface area contributed by atoms with Crippen molar-refractivity contribution in [2.75, 3.05) is 20.3 Å². The molecule has 0 spiro atoms. The molecule has 0 unspecified atom stereocenters. The zero-order valence-corrected chi connectivity index (χ0v) is 15.6. The summed E-state index contributed by atoms with van der Waals surface area (Å²) in [6.45, 7) is 9.60. The lowest BCUT2D eigenvalue weighted by Crippen LogP contribution is -2.40. The number of rotatable bonds is 6. The second-order valence-electron chi connectivity index (χ2n) is 7.44. The van der Waals surface area contributed by atoms with Crippen molar-refractivity contribution >= 4 is 12.1 Å². The molecule has 1 aromatic carbocycles. The van der Waals surface area contributed by atoms with E-state index >= 15 is 0 Å². The number of halogens is 1. The van der Waals surface area contributed by atoms with Crippen LogP contribution in [0.2, 0.25) is 0 Å². The Balaban J connectivity index is 2.67. The highest BCUT2D eigenvalue weighted by molar-refractivity contribution is 5.92. The molecular formula is C18H26FNO5. The zero-order valence-electron chi connectivity index (χ0n) is 15.6. The van der Waals surface area contributed by atoms with Gasteiger partial charge in [-0.15, -0.1) is 0 Å². The van der Waals surface area contributed by atoms with E-state index in [1.165, 1.54) is 19.2 Å². The summed E-state index contributed by atoms with van der Waals surface area (Å²) >= 11 is 0. The third kappa shape index (κ3) is 7.41. The molecule has 1 amide bonds. The summed E-state index contributed by atoms with van der Waals surface area (Å²) in [5.74, 6) is -1.02. The molecule has 0 radical (unpaired) electrons. The number of hydrogen-bond acceptors (Lipinski definition) is 5. The highest BCUT2D eigenvalue weighted by Gasteiger charge is 2.24. The molecule has 1 N–H and O–H groups in total. The lowest BCUT2D eigenvalue weighted by molar-refractivity contribution is 0.0492. The van der Waals surface area contributed by atoms with Gasteiger partial charge in [-0.05, 0) is 39.0 Å². The van der Waals surface area contributed by atoms with Gasteiger partial charge in [0.2, 0.25) is 0 Å². The van der Waals surface area contributed by atoms with Crippen LogP contribution < -0.4 is 10.1 Å². The van der Waals surface area contributed by atoms with Crippen LogP contribution in [0.4, 0.5) is 9.18 Å². The van der Waals surface area contributed by atoms with Gasteiger partial charge in [0.1, 0.15) is 22.7 Å². The molecule has 0 aromatic heterocycles. The first-order chi connectivity index (χ1) is 11.4. The van der Waals surface area contributed by atoms with Gasteiger partial charge >= 0.3 is 12.1 Å². The maximum absolute atomic E-state index is 13.3. The number of esters is 1. The molecule has 0 fully saturated rings. The highest BCUT2D eigenvalue weighted by Crippen LogP contribution is 2.24. The molecular weight excluding hydrogens is 329 g/mol. The molecule has 0 saturated carbocycles. The molecule has 6 nitrogen and oxygen atoms in total. The van der Waals surface area contributed by atoms with Gasteiger partial charge in [-0.25, -0.2) is 14.0 Å².